The first-order valence-electron chi connectivity index (χ1n) is 26.8. The predicted octanol–water partition coefficient (Wildman–Crippen LogP) is -9.69. The molecule has 0 aliphatic carbocycles. The van der Waals surface area contributed by atoms with Gasteiger partial charge in [-0.1, -0.05) is 13.8 Å². The van der Waals surface area contributed by atoms with E-state index in [-0.39, 0.29) is 38.8 Å². The van der Waals surface area contributed by atoms with Gasteiger partial charge in [-0.25, -0.2) is 0 Å². The summed E-state index contributed by atoms with van der Waals surface area (Å²) in [5.41, 5.74) is 5.67. The summed E-state index contributed by atoms with van der Waals surface area (Å²) in [5.74, 6) is -12.6. The van der Waals surface area contributed by atoms with Crippen LogP contribution in [0.15, 0.2) is 0 Å². The lowest BCUT2D eigenvalue weighted by molar-refractivity contribution is -0.281. The second kappa shape index (κ2) is 31.4. The SMILES string of the molecule is CC(=O)N[C@H]1[C@@H](O[C@H](C)[C@H](NC(=O)[C@@H](NC(=O)[C@@H](NC(=O)[C@@H](NC(=O)[C@@H](N)[C@@H](C)O)[C@@H](C)O)[C@@H](C)O)C(C)C)C(=O)N2CCC[C@H]2C(=O)N[C@H](C(=O)N2CCC[C@H]2C(=O)N[C@H](C(=O)NCC(=O)O)[C@@H](C)O)[C@@H](C)O)O[C@H](CO)[C@H](O)[C@@H]1O. The number of amides is 10. The maximum Gasteiger partial charge on any atom is 0.322 e. The van der Waals surface area contributed by atoms with Crippen molar-refractivity contribution in [2.75, 3.05) is 26.2 Å². The first kappa shape index (κ1) is 70.0. The number of nitrogens with zero attached hydrogens (tertiary/aromatic N) is 2. The number of carbonyl (C=O) groups excluding carboxylic acids is 10. The van der Waals surface area contributed by atoms with E-state index in [1.54, 1.807) is 0 Å². The molecule has 0 radical (unpaired) electrons. The zero-order chi connectivity index (χ0) is 62.4. The van der Waals surface area contributed by atoms with Gasteiger partial charge in [0.25, 0.3) is 0 Å². The van der Waals surface area contributed by atoms with Gasteiger partial charge < -0.3 is 114 Å². The molecule has 3 aliphatic rings. The number of rotatable bonds is 28. The Labute approximate surface area is 472 Å². The summed E-state index contributed by atoms with van der Waals surface area (Å²) in [6.07, 6.45) is -16.1. The molecule has 33 nitrogen and oxygen atoms in total. The van der Waals surface area contributed by atoms with Crippen molar-refractivity contribution in [3.8, 4) is 0 Å². The number of nitrogens with two attached hydrogens (primary N) is 1. The average molecular weight is 1180 g/mol. The third-order valence-corrected chi connectivity index (χ3v) is 14.0. The molecule has 82 heavy (non-hydrogen) atoms. The summed E-state index contributed by atoms with van der Waals surface area (Å²) in [4.78, 5) is 150. The van der Waals surface area contributed by atoms with Crippen LogP contribution in [0.4, 0.5) is 0 Å². The predicted molar refractivity (Wildman–Crippen MR) is 279 cm³/mol. The van der Waals surface area contributed by atoms with Crippen LogP contribution in [0.2, 0.25) is 0 Å². The Morgan fingerprint density at radius 1 is 0.573 bits per heavy atom. The van der Waals surface area contributed by atoms with E-state index in [1.165, 1.54) is 27.7 Å². The second-order valence-electron chi connectivity index (χ2n) is 21.2. The lowest BCUT2D eigenvalue weighted by Crippen LogP contribution is -2.67. The van der Waals surface area contributed by atoms with E-state index in [0.717, 1.165) is 44.4 Å². The monoisotopic (exact) mass is 1180 g/mol. The average Bonchev–Trinajstić information content (AvgIpc) is 4.15. The van der Waals surface area contributed by atoms with Crippen molar-refractivity contribution in [1.82, 2.24) is 52.3 Å². The lowest BCUT2D eigenvalue weighted by atomic mass is 9.96. The zero-order valence-corrected chi connectivity index (χ0v) is 47.1. The fourth-order valence-electron chi connectivity index (χ4n) is 9.33. The quantitative estimate of drug-likeness (QED) is 0.0346. The largest absolute Gasteiger partial charge is 0.480 e. The highest BCUT2D eigenvalue weighted by Gasteiger charge is 2.49. The second-order valence-corrected chi connectivity index (χ2v) is 21.2. The molecule has 3 rings (SSSR count). The first-order valence-corrected chi connectivity index (χ1v) is 26.8. The number of aliphatic carboxylic acids is 1. The summed E-state index contributed by atoms with van der Waals surface area (Å²) in [7, 11) is 0. The number of aliphatic hydroxyl groups excluding tert-OH is 8. The minimum absolute atomic E-state index is 0.0315. The van der Waals surface area contributed by atoms with E-state index in [4.69, 9.17) is 20.3 Å². The van der Waals surface area contributed by atoms with Gasteiger partial charge in [-0.05, 0) is 73.1 Å². The summed E-state index contributed by atoms with van der Waals surface area (Å²) in [6, 6.07) is -16.5. The number of hydrogen-bond acceptors (Lipinski definition) is 22. The number of carbonyl (C=O) groups is 11. The van der Waals surface area contributed by atoms with Crippen molar-refractivity contribution in [3.05, 3.63) is 0 Å². The van der Waals surface area contributed by atoms with Gasteiger partial charge in [0.05, 0.1) is 43.2 Å². The van der Waals surface area contributed by atoms with Gasteiger partial charge in [0.1, 0.15) is 85.3 Å². The molecule has 0 spiro atoms. The molecule has 20 atom stereocenters. The molecule has 466 valence electrons. The van der Waals surface area contributed by atoms with Crippen LogP contribution in [0.5, 0.6) is 0 Å². The first-order chi connectivity index (χ1) is 38.2. The van der Waals surface area contributed by atoms with E-state index < -0.39 is 206 Å². The number of ether oxygens (including phenoxy) is 2. The Morgan fingerprint density at radius 2 is 0.988 bits per heavy atom. The van der Waals surface area contributed by atoms with Gasteiger partial charge in [0.15, 0.2) is 6.29 Å². The number of hydrogen-bond donors (Lipinski definition) is 18. The van der Waals surface area contributed by atoms with Gasteiger partial charge in [0, 0.05) is 20.0 Å². The van der Waals surface area contributed by atoms with Gasteiger partial charge in [-0.2, -0.15) is 0 Å². The highest BCUT2D eigenvalue weighted by molar-refractivity contribution is 5.99. The molecule has 0 aromatic heterocycles. The minimum atomic E-state index is -1.91. The number of aliphatic hydroxyl groups is 8. The molecule has 0 saturated carbocycles. The van der Waals surface area contributed by atoms with E-state index >= 15 is 4.79 Å². The fourth-order valence-corrected chi connectivity index (χ4v) is 9.33. The normalized spacial score (nSPS) is 25.6. The van der Waals surface area contributed by atoms with Crippen molar-refractivity contribution in [1.29, 1.82) is 0 Å². The molecule has 0 bridgehead atoms. The van der Waals surface area contributed by atoms with E-state index in [1.807, 2.05) is 0 Å². The highest BCUT2D eigenvalue weighted by atomic mass is 16.7. The smallest absolute Gasteiger partial charge is 0.322 e. The molecule has 3 heterocycles. The Kier molecular flexibility index (Phi) is 26.8. The molecule has 0 aromatic carbocycles. The van der Waals surface area contributed by atoms with Crippen LogP contribution >= 0.6 is 0 Å². The molecular formula is C49H83N11O22. The van der Waals surface area contributed by atoms with Crippen LogP contribution in [0.25, 0.3) is 0 Å². The number of carboxylic acid groups (broad SMARTS) is 1. The molecule has 19 N–H and O–H groups in total. The summed E-state index contributed by atoms with van der Waals surface area (Å²) >= 11 is 0. The van der Waals surface area contributed by atoms with Gasteiger partial charge in [-0.3, -0.25) is 52.7 Å². The van der Waals surface area contributed by atoms with Crippen LogP contribution in [0.3, 0.4) is 0 Å². The molecule has 10 amide bonds. The standard InChI is InChI=1S/C49H83N11O22/c1-18(2)31(53-45(77)34(22(6)65)56-46(78)33(21(5)64)55-42(74)30(50)19(3)62)44(76)58-36(24(8)81-49-37(52-25(9)67)39(71)38(70)28(17-61)82-49)48(80)60-15-11-13-27(60)41(73)57-35(23(7)66)47(79)59-14-10-12-26(59)40(72)54-32(20(4)63)43(75)51-16-29(68)69/h18-24,26-28,30-39,49,61-66,70-71H,10-17,50H2,1-9H3,(H,51,75)(H,52,67)(H,53,77)(H,54,72)(H,55,74)(H,56,78)(H,57,73)(H,58,76)(H,68,69)/t19-,20-,21-,22-,23-,24-,26+,27+,28-,30+,31+,32+,33+,34+,35+,36+,37-,38+,39-,49+/m1/s1. The molecule has 0 aromatic rings. The van der Waals surface area contributed by atoms with Crippen LogP contribution in [0, 0.1) is 5.92 Å². The summed E-state index contributed by atoms with van der Waals surface area (Å²) < 4.78 is 11.8. The van der Waals surface area contributed by atoms with E-state index in [0.29, 0.717) is 0 Å². The maximum atomic E-state index is 15.0. The van der Waals surface area contributed by atoms with Gasteiger partial charge >= 0.3 is 5.97 Å². The van der Waals surface area contributed by atoms with Crippen molar-refractivity contribution in [3.63, 3.8) is 0 Å². The Balaban J connectivity index is 2.00. The third-order valence-electron chi connectivity index (χ3n) is 14.0. The van der Waals surface area contributed by atoms with E-state index in [2.05, 4.69) is 42.5 Å². The van der Waals surface area contributed by atoms with Gasteiger partial charge in [0.2, 0.25) is 59.1 Å². The number of carboxylic acids is 1. The van der Waals surface area contributed by atoms with Crippen LogP contribution < -0.4 is 48.3 Å². The Hall–Kier alpha value is -6.27. The van der Waals surface area contributed by atoms with Gasteiger partial charge in [-0.15, -0.1) is 0 Å². The molecule has 0 unspecified atom stereocenters. The summed E-state index contributed by atoms with van der Waals surface area (Å²) in [5, 5.41) is 111. The van der Waals surface area contributed by atoms with Crippen molar-refractivity contribution in [2.45, 2.75) is 210 Å². The van der Waals surface area contributed by atoms with Crippen LogP contribution in [0.1, 0.15) is 88.0 Å². The number of nitrogens with one attached hydrogen (secondary N) is 8. The topological polar surface area (TPSA) is 517 Å². The lowest BCUT2D eigenvalue weighted by Gasteiger charge is -2.43. The molecule has 3 fully saturated rings. The third kappa shape index (κ3) is 18.6. The van der Waals surface area contributed by atoms with Crippen molar-refractivity contribution >= 4 is 65.0 Å². The Morgan fingerprint density at radius 3 is 1.41 bits per heavy atom. The molecule has 3 aliphatic heterocycles. The van der Waals surface area contributed by atoms with Crippen LogP contribution in [-0.2, 0) is 62.2 Å². The van der Waals surface area contributed by atoms with E-state index in [9.17, 15) is 88.8 Å². The molecular weight excluding hydrogens is 1090 g/mol. The number of likely N-dealkylation sites (tertiary alicyclic amines) is 2. The highest BCUT2D eigenvalue weighted by Crippen LogP contribution is 2.27. The molecule has 3 saturated heterocycles. The zero-order valence-electron chi connectivity index (χ0n) is 47.1. The maximum absolute atomic E-state index is 15.0. The van der Waals surface area contributed by atoms with Crippen molar-refractivity contribution < 1.29 is 108 Å². The van der Waals surface area contributed by atoms with Crippen molar-refractivity contribution in [2.24, 2.45) is 11.7 Å². The molecule has 33 heteroatoms. The summed E-state index contributed by atoms with van der Waals surface area (Å²) in [6.45, 7) is 8.99. The van der Waals surface area contributed by atoms with Crippen LogP contribution in [-0.4, -0.2) is 269 Å². The fraction of sp³-hybridized carbons (Fsp3) is 0.776. The Bertz CT molecular complexity index is 2270. The minimum Gasteiger partial charge on any atom is -0.480 e.